The second-order valence-electron chi connectivity index (χ2n) is 5.67. The third-order valence-electron chi connectivity index (χ3n) is 3.78. The SMILES string of the molecule is Nc1cc(-c2ncccc2Cl)ccc1C(=O)Nc1cccc(C(F)(F)F)c1. The molecule has 138 valence electrons. The Hall–Kier alpha value is -3.06. The average Bonchev–Trinajstić information content (AvgIpc) is 2.61. The summed E-state index contributed by atoms with van der Waals surface area (Å²) in [6.45, 7) is 0. The van der Waals surface area contributed by atoms with E-state index in [1.165, 1.54) is 24.3 Å². The van der Waals surface area contributed by atoms with Crippen LogP contribution in [-0.2, 0) is 6.18 Å². The highest BCUT2D eigenvalue weighted by Gasteiger charge is 2.30. The molecule has 0 aliphatic rings. The zero-order chi connectivity index (χ0) is 19.6. The number of hydrogen-bond donors (Lipinski definition) is 2. The molecular weight excluding hydrogens is 379 g/mol. The Morgan fingerprint density at radius 1 is 1.07 bits per heavy atom. The van der Waals surface area contributed by atoms with Gasteiger partial charge < -0.3 is 11.1 Å². The first kappa shape index (κ1) is 18.7. The molecule has 0 bridgehead atoms. The van der Waals surface area contributed by atoms with Crippen LogP contribution in [0.2, 0.25) is 5.02 Å². The fraction of sp³-hybridized carbons (Fsp3) is 0.0526. The van der Waals surface area contributed by atoms with Gasteiger partial charge >= 0.3 is 6.18 Å². The maximum absolute atomic E-state index is 12.8. The van der Waals surface area contributed by atoms with Crippen molar-refractivity contribution in [3.63, 3.8) is 0 Å². The van der Waals surface area contributed by atoms with E-state index in [0.29, 0.717) is 16.3 Å². The molecule has 0 aliphatic carbocycles. The van der Waals surface area contributed by atoms with Crippen LogP contribution < -0.4 is 11.1 Å². The zero-order valence-corrected chi connectivity index (χ0v) is 14.5. The van der Waals surface area contributed by atoms with Crippen molar-refractivity contribution < 1.29 is 18.0 Å². The summed E-state index contributed by atoms with van der Waals surface area (Å²) in [5, 5.41) is 2.85. The van der Waals surface area contributed by atoms with Gasteiger partial charge in [0.15, 0.2) is 0 Å². The van der Waals surface area contributed by atoms with Crippen molar-refractivity contribution in [2.24, 2.45) is 0 Å². The minimum Gasteiger partial charge on any atom is -0.398 e. The number of benzene rings is 2. The Morgan fingerprint density at radius 3 is 2.52 bits per heavy atom. The number of hydrogen-bond acceptors (Lipinski definition) is 3. The van der Waals surface area contributed by atoms with Crippen molar-refractivity contribution in [1.82, 2.24) is 4.98 Å². The van der Waals surface area contributed by atoms with Gasteiger partial charge in [-0.05, 0) is 42.5 Å². The van der Waals surface area contributed by atoms with E-state index in [9.17, 15) is 18.0 Å². The molecule has 1 amide bonds. The number of alkyl halides is 3. The molecule has 0 radical (unpaired) electrons. The van der Waals surface area contributed by atoms with Gasteiger partial charge in [0.1, 0.15) is 0 Å². The Labute approximate surface area is 157 Å². The number of carbonyl (C=O) groups is 1. The van der Waals surface area contributed by atoms with Crippen molar-refractivity contribution >= 4 is 28.9 Å². The minimum atomic E-state index is -4.50. The molecule has 2 aromatic carbocycles. The van der Waals surface area contributed by atoms with E-state index >= 15 is 0 Å². The molecule has 0 spiro atoms. The Bertz CT molecular complexity index is 1010. The van der Waals surface area contributed by atoms with Crippen LogP contribution in [0.1, 0.15) is 15.9 Å². The van der Waals surface area contributed by atoms with Gasteiger partial charge in [-0.3, -0.25) is 9.78 Å². The molecule has 0 saturated heterocycles. The number of amides is 1. The standard InChI is InChI=1S/C19H13ClF3N3O/c20-15-5-2-8-25-17(15)11-6-7-14(16(24)9-11)18(27)26-13-4-1-3-12(10-13)19(21,22)23/h1-10H,24H2,(H,26,27). The average molecular weight is 392 g/mol. The number of rotatable bonds is 3. The minimum absolute atomic E-state index is 0.0195. The molecular formula is C19H13ClF3N3O. The number of nitrogens with zero attached hydrogens (tertiary/aromatic N) is 1. The molecule has 3 aromatic rings. The van der Waals surface area contributed by atoms with Gasteiger partial charge in [-0.25, -0.2) is 0 Å². The molecule has 0 atom stereocenters. The van der Waals surface area contributed by atoms with Gasteiger partial charge in [0.05, 0.1) is 21.8 Å². The van der Waals surface area contributed by atoms with Gasteiger partial charge in [0.25, 0.3) is 5.91 Å². The molecule has 1 heterocycles. The van der Waals surface area contributed by atoms with E-state index in [-0.39, 0.29) is 16.9 Å². The molecule has 1 aromatic heterocycles. The van der Waals surface area contributed by atoms with Crippen LogP contribution in [0.15, 0.2) is 60.8 Å². The van der Waals surface area contributed by atoms with E-state index < -0.39 is 17.6 Å². The zero-order valence-electron chi connectivity index (χ0n) is 13.7. The van der Waals surface area contributed by atoms with Crippen molar-refractivity contribution in [3.8, 4) is 11.3 Å². The molecule has 0 aliphatic heterocycles. The number of anilines is 2. The van der Waals surface area contributed by atoms with Gasteiger partial charge in [-0.2, -0.15) is 13.2 Å². The predicted molar refractivity (Wildman–Crippen MR) is 98.5 cm³/mol. The van der Waals surface area contributed by atoms with E-state index in [2.05, 4.69) is 10.3 Å². The molecule has 0 unspecified atom stereocenters. The quantitative estimate of drug-likeness (QED) is 0.599. The monoisotopic (exact) mass is 391 g/mol. The van der Waals surface area contributed by atoms with Gasteiger partial charge in [-0.1, -0.05) is 23.7 Å². The van der Waals surface area contributed by atoms with Crippen LogP contribution in [-0.4, -0.2) is 10.9 Å². The predicted octanol–water partition coefficient (Wildman–Crippen LogP) is 5.26. The highest BCUT2D eigenvalue weighted by Crippen LogP contribution is 2.31. The maximum Gasteiger partial charge on any atom is 0.416 e. The second kappa shape index (κ2) is 7.28. The van der Waals surface area contributed by atoms with Crippen molar-refractivity contribution in [1.29, 1.82) is 0 Å². The number of carbonyl (C=O) groups excluding carboxylic acids is 1. The fourth-order valence-corrected chi connectivity index (χ4v) is 2.72. The molecule has 3 N–H and O–H groups in total. The van der Waals surface area contributed by atoms with Crippen LogP contribution in [0.4, 0.5) is 24.5 Å². The number of aromatic nitrogens is 1. The van der Waals surface area contributed by atoms with Crippen molar-refractivity contribution in [2.45, 2.75) is 6.18 Å². The molecule has 8 heteroatoms. The third-order valence-corrected chi connectivity index (χ3v) is 4.08. The summed E-state index contributed by atoms with van der Waals surface area (Å²) in [5.41, 5.74) is 6.53. The second-order valence-corrected chi connectivity index (χ2v) is 6.08. The summed E-state index contributed by atoms with van der Waals surface area (Å²) < 4.78 is 38.3. The summed E-state index contributed by atoms with van der Waals surface area (Å²) in [6, 6.07) is 12.4. The summed E-state index contributed by atoms with van der Waals surface area (Å²) in [5.74, 6) is -0.620. The van der Waals surface area contributed by atoms with Crippen LogP contribution in [0.5, 0.6) is 0 Å². The van der Waals surface area contributed by atoms with Crippen LogP contribution in [0, 0.1) is 0 Å². The van der Waals surface area contributed by atoms with Crippen LogP contribution >= 0.6 is 11.6 Å². The van der Waals surface area contributed by atoms with Crippen molar-refractivity contribution in [2.75, 3.05) is 11.1 Å². The lowest BCUT2D eigenvalue weighted by Gasteiger charge is -2.12. The van der Waals surface area contributed by atoms with Gasteiger partial charge in [-0.15, -0.1) is 0 Å². The van der Waals surface area contributed by atoms with Gasteiger partial charge in [0.2, 0.25) is 0 Å². The van der Waals surface area contributed by atoms with E-state index in [4.69, 9.17) is 17.3 Å². The van der Waals surface area contributed by atoms with Crippen LogP contribution in [0.3, 0.4) is 0 Å². The Balaban J connectivity index is 1.85. The first-order valence-electron chi connectivity index (χ1n) is 7.75. The normalized spacial score (nSPS) is 11.3. The van der Waals surface area contributed by atoms with E-state index in [1.54, 1.807) is 24.4 Å². The smallest absolute Gasteiger partial charge is 0.398 e. The lowest BCUT2D eigenvalue weighted by atomic mass is 10.1. The van der Waals surface area contributed by atoms with E-state index in [1.807, 2.05) is 0 Å². The lowest BCUT2D eigenvalue weighted by molar-refractivity contribution is -0.137. The summed E-state index contributed by atoms with van der Waals surface area (Å²) in [6.07, 6.45) is -2.92. The fourth-order valence-electron chi connectivity index (χ4n) is 2.49. The molecule has 0 saturated carbocycles. The maximum atomic E-state index is 12.8. The summed E-state index contributed by atoms with van der Waals surface area (Å²) in [4.78, 5) is 16.6. The Kier molecular flexibility index (Phi) is 5.05. The first-order valence-corrected chi connectivity index (χ1v) is 8.12. The number of halogens is 4. The van der Waals surface area contributed by atoms with Gasteiger partial charge in [0, 0.05) is 23.1 Å². The summed E-state index contributed by atoms with van der Waals surface area (Å²) >= 11 is 6.10. The van der Waals surface area contributed by atoms with Crippen LogP contribution in [0.25, 0.3) is 11.3 Å². The highest BCUT2D eigenvalue weighted by molar-refractivity contribution is 6.33. The lowest BCUT2D eigenvalue weighted by Crippen LogP contribution is -2.15. The third kappa shape index (κ3) is 4.20. The van der Waals surface area contributed by atoms with Crippen molar-refractivity contribution in [3.05, 3.63) is 76.9 Å². The Morgan fingerprint density at radius 2 is 1.85 bits per heavy atom. The largest absolute Gasteiger partial charge is 0.416 e. The highest BCUT2D eigenvalue weighted by atomic mass is 35.5. The molecule has 27 heavy (non-hydrogen) atoms. The number of nitrogens with two attached hydrogens (primary N) is 1. The molecule has 0 fully saturated rings. The first-order chi connectivity index (χ1) is 12.8. The molecule has 4 nitrogen and oxygen atoms in total. The number of nitrogens with one attached hydrogen (secondary N) is 1. The van der Waals surface area contributed by atoms with E-state index in [0.717, 1.165) is 12.1 Å². The molecule has 3 rings (SSSR count). The number of pyridine rings is 1. The topological polar surface area (TPSA) is 68.0 Å². The number of nitrogen functional groups attached to an aromatic ring is 1. The summed E-state index contributed by atoms with van der Waals surface area (Å²) in [7, 11) is 0.